The molecular weight excluding hydrogens is 374 g/mol. The fraction of sp³-hybridized carbons (Fsp3) is 0.471. The number of imide groups is 1. The monoisotopic (exact) mass is 397 g/mol. The molecule has 148 valence electrons. The predicted molar refractivity (Wildman–Crippen MR) is 96.3 cm³/mol. The first kappa shape index (κ1) is 20.8. The molecule has 1 aliphatic heterocycles. The molecule has 1 aromatic carbocycles. The Labute approximate surface area is 158 Å². The predicted octanol–water partition coefficient (Wildman–Crippen LogP) is 0.403. The van der Waals surface area contributed by atoms with Gasteiger partial charge >= 0.3 is 12.0 Å². The van der Waals surface area contributed by atoms with Gasteiger partial charge in [0.05, 0.1) is 11.3 Å². The Morgan fingerprint density at radius 2 is 1.70 bits per heavy atom. The molecule has 1 aliphatic rings. The number of nitrogens with one attached hydrogen (secondary N) is 2. The zero-order valence-electron chi connectivity index (χ0n) is 15.1. The largest absolute Gasteiger partial charge is 0.455 e. The van der Waals surface area contributed by atoms with Crippen molar-refractivity contribution in [2.75, 3.05) is 26.7 Å². The number of carbonyl (C=O) groups is 3. The van der Waals surface area contributed by atoms with E-state index in [0.29, 0.717) is 18.7 Å². The van der Waals surface area contributed by atoms with Crippen LogP contribution in [0.5, 0.6) is 0 Å². The molecule has 0 bridgehead atoms. The molecule has 10 heteroatoms. The molecule has 0 radical (unpaired) electrons. The van der Waals surface area contributed by atoms with Crippen LogP contribution in [0.1, 0.15) is 24.8 Å². The van der Waals surface area contributed by atoms with Crippen molar-refractivity contribution in [1.82, 2.24) is 14.9 Å². The van der Waals surface area contributed by atoms with Gasteiger partial charge < -0.3 is 10.1 Å². The van der Waals surface area contributed by atoms with E-state index in [9.17, 15) is 22.8 Å². The standard InChI is InChI=1S/C17H23N3O6S/c1-18-17(23)19-15(21)12-26-16(22)11-13-5-7-14(8-6-13)27(24,25)20-9-3-2-4-10-20/h5-8H,2-4,9-12H2,1H3,(H2,18,19,21,23). The van der Waals surface area contributed by atoms with Crippen molar-refractivity contribution in [3.63, 3.8) is 0 Å². The number of hydrogen-bond acceptors (Lipinski definition) is 6. The fourth-order valence-corrected chi connectivity index (χ4v) is 4.14. The lowest BCUT2D eigenvalue weighted by Gasteiger charge is -2.25. The second kappa shape index (κ2) is 9.47. The van der Waals surface area contributed by atoms with E-state index in [1.165, 1.54) is 23.5 Å². The third kappa shape index (κ3) is 6.04. The minimum absolute atomic E-state index is 0.114. The Morgan fingerprint density at radius 1 is 1.07 bits per heavy atom. The topological polar surface area (TPSA) is 122 Å². The summed E-state index contributed by atoms with van der Waals surface area (Å²) in [7, 11) is -2.17. The summed E-state index contributed by atoms with van der Waals surface area (Å²) in [6.07, 6.45) is 2.64. The summed E-state index contributed by atoms with van der Waals surface area (Å²) in [5, 5.41) is 4.17. The highest BCUT2D eigenvalue weighted by Crippen LogP contribution is 2.21. The maximum absolute atomic E-state index is 12.6. The van der Waals surface area contributed by atoms with Crippen LogP contribution in [0.4, 0.5) is 4.79 Å². The molecule has 27 heavy (non-hydrogen) atoms. The first-order valence-electron chi connectivity index (χ1n) is 8.59. The molecule has 0 atom stereocenters. The molecule has 0 spiro atoms. The molecule has 0 saturated carbocycles. The van der Waals surface area contributed by atoms with E-state index in [1.54, 1.807) is 12.1 Å². The molecule has 9 nitrogen and oxygen atoms in total. The number of amides is 3. The first-order valence-corrected chi connectivity index (χ1v) is 10.0. The highest BCUT2D eigenvalue weighted by molar-refractivity contribution is 7.89. The van der Waals surface area contributed by atoms with Crippen molar-refractivity contribution < 1.29 is 27.5 Å². The number of carbonyl (C=O) groups excluding carboxylic acids is 3. The zero-order chi connectivity index (χ0) is 19.9. The molecular formula is C17H23N3O6S. The molecule has 3 amide bonds. The Kier molecular flexibility index (Phi) is 7.31. The van der Waals surface area contributed by atoms with Gasteiger partial charge in [0.15, 0.2) is 6.61 Å². The average molecular weight is 397 g/mol. The smallest absolute Gasteiger partial charge is 0.321 e. The number of esters is 1. The van der Waals surface area contributed by atoms with Crippen LogP contribution in [0.25, 0.3) is 0 Å². The van der Waals surface area contributed by atoms with E-state index in [1.807, 2.05) is 5.32 Å². The van der Waals surface area contributed by atoms with Gasteiger partial charge in [0, 0.05) is 20.1 Å². The second-order valence-electron chi connectivity index (χ2n) is 6.07. The maximum atomic E-state index is 12.6. The summed E-state index contributed by atoms with van der Waals surface area (Å²) in [4.78, 5) is 34.3. The van der Waals surface area contributed by atoms with E-state index in [-0.39, 0.29) is 11.3 Å². The van der Waals surface area contributed by atoms with Gasteiger partial charge in [-0.1, -0.05) is 18.6 Å². The van der Waals surface area contributed by atoms with Crippen LogP contribution in [0, 0.1) is 0 Å². The van der Waals surface area contributed by atoms with Gasteiger partial charge in [0.2, 0.25) is 10.0 Å². The van der Waals surface area contributed by atoms with Crippen molar-refractivity contribution in [2.45, 2.75) is 30.6 Å². The molecule has 1 saturated heterocycles. The number of nitrogens with zero attached hydrogens (tertiary/aromatic N) is 1. The Balaban J connectivity index is 1.88. The van der Waals surface area contributed by atoms with Crippen LogP contribution >= 0.6 is 0 Å². The normalized spacial score (nSPS) is 15.0. The summed E-state index contributed by atoms with van der Waals surface area (Å²) in [6.45, 7) is 0.469. The quantitative estimate of drug-likeness (QED) is 0.670. The third-order valence-corrected chi connectivity index (χ3v) is 5.98. The summed E-state index contributed by atoms with van der Waals surface area (Å²) >= 11 is 0. The molecule has 0 aliphatic carbocycles. The third-order valence-electron chi connectivity index (χ3n) is 4.07. The summed E-state index contributed by atoms with van der Waals surface area (Å²) < 4.78 is 31.4. The molecule has 1 fully saturated rings. The highest BCUT2D eigenvalue weighted by Gasteiger charge is 2.25. The highest BCUT2D eigenvalue weighted by atomic mass is 32.2. The van der Waals surface area contributed by atoms with Crippen LogP contribution in [-0.4, -0.2) is 57.4 Å². The Bertz CT molecular complexity index is 785. The van der Waals surface area contributed by atoms with Crippen LogP contribution in [0.15, 0.2) is 29.2 Å². The van der Waals surface area contributed by atoms with E-state index in [2.05, 4.69) is 5.32 Å². The molecule has 0 unspecified atom stereocenters. The lowest BCUT2D eigenvalue weighted by Crippen LogP contribution is -2.39. The minimum atomic E-state index is -3.52. The number of benzene rings is 1. The van der Waals surface area contributed by atoms with Crippen molar-refractivity contribution in [3.8, 4) is 0 Å². The van der Waals surface area contributed by atoms with Gasteiger partial charge in [-0.2, -0.15) is 4.31 Å². The lowest BCUT2D eigenvalue weighted by atomic mass is 10.1. The molecule has 1 aromatic rings. The zero-order valence-corrected chi connectivity index (χ0v) is 15.9. The van der Waals surface area contributed by atoms with Gasteiger partial charge in [-0.3, -0.25) is 14.9 Å². The fourth-order valence-electron chi connectivity index (χ4n) is 2.62. The van der Waals surface area contributed by atoms with Gasteiger partial charge in [-0.15, -0.1) is 0 Å². The van der Waals surface area contributed by atoms with Crippen LogP contribution in [0.3, 0.4) is 0 Å². The Hall–Kier alpha value is -2.46. The molecule has 1 heterocycles. The van der Waals surface area contributed by atoms with E-state index < -0.39 is 34.5 Å². The summed E-state index contributed by atoms with van der Waals surface area (Å²) in [5.74, 6) is -1.40. The van der Waals surface area contributed by atoms with E-state index in [4.69, 9.17) is 4.74 Å². The SMILES string of the molecule is CNC(=O)NC(=O)COC(=O)Cc1ccc(S(=O)(=O)N2CCCCC2)cc1. The van der Waals surface area contributed by atoms with Gasteiger partial charge in [0.25, 0.3) is 5.91 Å². The van der Waals surface area contributed by atoms with Crippen molar-refractivity contribution in [1.29, 1.82) is 0 Å². The molecule has 2 N–H and O–H groups in total. The maximum Gasteiger partial charge on any atom is 0.321 e. The number of piperidine rings is 1. The van der Waals surface area contributed by atoms with Gasteiger partial charge in [-0.25, -0.2) is 13.2 Å². The number of urea groups is 1. The van der Waals surface area contributed by atoms with Gasteiger partial charge in [0.1, 0.15) is 0 Å². The lowest BCUT2D eigenvalue weighted by molar-refractivity contribution is -0.147. The average Bonchev–Trinajstić information content (AvgIpc) is 2.67. The van der Waals surface area contributed by atoms with E-state index in [0.717, 1.165) is 19.3 Å². The number of hydrogen-bond donors (Lipinski definition) is 2. The second-order valence-corrected chi connectivity index (χ2v) is 8.01. The van der Waals surface area contributed by atoms with E-state index >= 15 is 0 Å². The molecule has 0 aromatic heterocycles. The molecule has 2 rings (SSSR count). The van der Waals surface area contributed by atoms with Crippen LogP contribution < -0.4 is 10.6 Å². The van der Waals surface area contributed by atoms with Crippen molar-refractivity contribution in [3.05, 3.63) is 29.8 Å². The van der Waals surface area contributed by atoms with Crippen LogP contribution in [-0.2, 0) is 30.8 Å². The first-order chi connectivity index (χ1) is 12.8. The number of ether oxygens (including phenoxy) is 1. The number of rotatable bonds is 6. The van der Waals surface area contributed by atoms with Gasteiger partial charge in [-0.05, 0) is 30.5 Å². The summed E-state index contributed by atoms with van der Waals surface area (Å²) in [5.41, 5.74) is 0.560. The van der Waals surface area contributed by atoms with Crippen molar-refractivity contribution >= 4 is 27.9 Å². The minimum Gasteiger partial charge on any atom is -0.455 e. The Morgan fingerprint density at radius 3 is 2.30 bits per heavy atom. The summed E-state index contributed by atoms with van der Waals surface area (Å²) in [6, 6.07) is 5.32. The number of sulfonamides is 1. The van der Waals surface area contributed by atoms with Crippen molar-refractivity contribution in [2.24, 2.45) is 0 Å². The van der Waals surface area contributed by atoms with Crippen LogP contribution in [0.2, 0.25) is 0 Å².